The molecule has 0 bridgehead atoms. The molecule has 3 aliphatic rings. The quantitative estimate of drug-likeness (QED) is 0.899. The van der Waals surface area contributed by atoms with E-state index in [-0.39, 0.29) is 6.04 Å². The number of nitrogens with zero attached hydrogens (tertiary/aromatic N) is 2. The molecule has 1 atom stereocenters. The average molecular weight is 338 g/mol. The summed E-state index contributed by atoms with van der Waals surface area (Å²) in [5.74, 6) is -0.161. The number of carboxylic acid groups (broad SMARTS) is 1. The zero-order valence-electron chi connectivity index (χ0n) is 14.3. The Kier molecular flexibility index (Phi) is 4.19. The molecule has 4 rings (SSSR count). The van der Waals surface area contributed by atoms with Gasteiger partial charge in [0.15, 0.2) is 0 Å². The normalized spacial score (nSPS) is 23.6. The van der Waals surface area contributed by atoms with Gasteiger partial charge in [0.2, 0.25) is 0 Å². The van der Waals surface area contributed by atoms with Crippen molar-refractivity contribution in [2.75, 3.05) is 33.2 Å². The number of likely N-dealkylation sites (N-methyl/N-ethyl adjacent to an activating group) is 1. The van der Waals surface area contributed by atoms with Gasteiger partial charge in [0.05, 0.1) is 17.9 Å². The van der Waals surface area contributed by atoms with Crippen LogP contribution in [-0.2, 0) is 0 Å². The molecule has 25 heavy (non-hydrogen) atoms. The number of aromatic carboxylic acids is 1. The highest BCUT2D eigenvalue weighted by Gasteiger charge is 2.33. The average Bonchev–Trinajstić information content (AvgIpc) is 2.79. The first kappa shape index (κ1) is 16.1. The highest BCUT2D eigenvalue weighted by Crippen LogP contribution is 2.43. The molecule has 5 heteroatoms. The molecule has 5 nitrogen and oxygen atoms in total. The summed E-state index contributed by atoms with van der Waals surface area (Å²) in [4.78, 5) is 16.2. The van der Waals surface area contributed by atoms with Crippen LogP contribution < -0.4 is 4.74 Å². The van der Waals surface area contributed by atoms with Crippen LogP contribution in [0.15, 0.2) is 53.8 Å². The molecule has 1 N–H and O–H groups in total. The summed E-state index contributed by atoms with van der Waals surface area (Å²) in [5, 5.41) is 9.42. The molecule has 1 aliphatic carbocycles. The lowest BCUT2D eigenvalue weighted by Crippen LogP contribution is -2.46. The van der Waals surface area contributed by atoms with Gasteiger partial charge in [0, 0.05) is 31.7 Å². The van der Waals surface area contributed by atoms with Gasteiger partial charge in [0.1, 0.15) is 5.75 Å². The molecule has 1 fully saturated rings. The molecular formula is C20H22N2O3. The van der Waals surface area contributed by atoms with Crippen molar-refractivity contribution in [3.63, 3.8) is 0 Å². The van der Waals surface area contributed by atoms with Crippen LogP contribution in [-0.4, -0.2) is 54.1 Å². The Morgan fingerprint density at radius 3 is 2.80 bits per heavy atom. The number of hydrogen-bond acceptors (Lipinski definition) is 4. The molecule has 2 aliphatic heterocycles. The Bertz CT molecular complexity index is 786. The van der Waals surface area contributed by atoms with Crippen molar-refractivity contribution in [3.8, 4) is 5.75 Å². The number of piperazine rings is 1. The van der Waals surface area contributed by atoms with Crippen molar-refractivity contribution in [2.45, 2.75) is 12.5 Å². The van der Waals surface area contributed by atoms with Crippen LogP contribution in [0, 0.1) is 0 Å². The van der Waals surface area contributed by atoms with Crippen LogP contribution >= 0.6 is 0 Å². The maximum Gasteiger partial charge on any atom is 0.335 e. The lowest BCUT2D eigenvalue weighted by Gasteiger charge is -2.39. The summed E-state index contributed by atoms with van der Waals surface area (Å²) in [6, 6.07) is 5.20. The van der Waals surface area contributed by atoms with Crippen LogP contribution in [0.2, 0.25) is 0 Å². The second-order valence-corrected chi connectivity index (χ2v) is 6.81. The van der Waals surface area contributed by atoms with Gasteiger partial charge in [-0.1, -0.05) is 18.2 Å². The van der Waals surface area contributed by atoms with E-state index in [4.69, 9.17) is 4.74 Å². The van der Waals surface area contributed by atoms with Gasteiger partial charge in [-0.3, -0.25) is 4.90 Å². The summed E-state index contributed by atoms with van der Waals surface area (Å²) in [6.07, 6.45) is 9.02. The smallest absolute Gasteiger partial charge is 0.335 e. The molecule has 1 aromatic rings. The third-order valence-electron chi connectivity index (χ3n) is 5.20. The molecule has 1 unspecified atom stereocenters. The molecule has 0 spiro atoms. The Balaban J connectivity index is 1.82. The van der Waals surface area contributed by atoms with Crippen molar-refractivity contribution in [1.29, 1.82) is 0 Å². The number of hydrogen-bond donors (Lipinski definition) is 1. The first-order valence-electron chi connectivity index (χ1n) is 8.66. The fraction of sp³-hybridized carbons (Fsp3) is 0.350. The number of carboxylic acids is 1. The largest absolute Gasteiger partial charge is 0.478 e. The van der Waals surface area contributed by atoms with Crippen LogP contribution in [0.1, 0.15) is 28.4 Å². The van der Waals surface area contributed by atoms with Gasteiger partial charge in [-0.25, -0.2) is 4.79 Å². The maximum atomic E-state index is 11.5. The summed E-state index contributed by atoms with van der Waals surface area (Å²) < 4.78 is 5.93. The summed E-state index contributed by atoms with van der Waals surface area (Å²) >= 11 is 0. The van der Waals surface area contributed by atoms with Crippen LogP contribution in [0.5, 0.6) is 5.75 Å². The second-order valence-electron chi connectivity index (χ2n) is 6.81. The van der Waals surface area contributed by atoms with Crippen molar-refractivity contribution < 1.29 is 14.6 Å². The van der Waals surface area contributed by atoms with E-state index in [1.165, 1.54) is 11.1 Å². The lowest BCUT2D eigenvalue weighted by molar-refractivity contribution is 0.0696. The number of benzene rings is 1. The van der Waals surface area contributed by atoms with Crippen molar-refractivity contribution >= 4 is 5.97 Å². The van der Waals surface area contributed by atoms with Crippen LogP contribution in [0.25, 0.3) is 0 Å². The minimum Gasteiger partial charge on any atom is -0.478 e. The van der Waals surface area contributed by atoms with Crippen molar-refractivity contribution in [3.05, 3.63) is 65.0 Å². The zero-order chi connectivity index (χ0) is 17.4. The SMILES string of the molecule is CN1CCN(C2C3=CC=CCC3=COc3ccc(C(=O)O)cc32)CC1. The van der Waals surface area contributed by atoms with E-state index in [9.17, 15) is 9.90 Å². The molecule has 2 heterocycles. The number of ether oxygens (including phenoxy) is 1. The third-order valence-corrected chi connectivity index (χ3v) is 5.20. The minimum atomic E-state index is -0.908. The topological polar surface area (TPSA) is 53.0 Å². The molecule has 1 aromatic carbocycles. The highest BCUT2D eigenvalue weighted by molar-refractivity contribution is 5.88. The Morgan fingerprint density at radius 1 is 1.24 bits per heavy atom. The third kappa shape index (κ3) is 3.01. The molecule has 0 amide bonds. The van der Waals surface area contributed by atoms with Gasteiger partial charge in [-0.2, -0.15) is 0 Å². The van der Waals surface area contributed by atoms with E-state index in [0.29, 0.717) is 5.56 Å². The molecule has 0 aromatic heterocycles. The summed E-state index contributed by atoms with van der Waals surface area (Å²) in [7, 11) is 2.14. The van der Waals surface area contributed by atoms with E-state index in [2.05, 4.69) is 35.1 Å². The molecule has 0 saturated carbocycles. The van der Waals surface area contributed by atoms with Gasteiger partial charge in [0.25, 0.3) is 0 Å². The van der Waals surface area contributed by atoms with Gasteiger partial charge in [-0.05, 0) is 42.8 Å². The monoisotopic (exact) mass is 338 g/mol. The summed E-state index contributed by atoms with van der Waals surface area (Å²) in [6.45, 7) is 3.92. The number of rotatable bonds is 2. The lowest BCUT2D eigenvalue weighted by atomic mass is 9.87. The van der Waals surface area contributed by atoms with Crippen molar-refractivity contribution in [1.82, 2.24) is 9.80 Å². The van der Waals surface area contributed by atoms with E-state index in [1.807, 2.05) is 6.26 Å². The summed E-state index contributed by atoms with van der Waals surface area (Å²) in [5.41, 5.74) is 3.63. The Morgan fingerprint density at radius 2 is 2.04 bits per heavy atom. The predicted molar refractivity (Wildman–Crippen MR) is 95.8 cm³/mol. The molecule has 1 saturated heterocycles. The van der Waals surface area contributed by atoms with E-state index in [0.717, 1.165) is 43.9 Å². The Hall–Kier alpha value is -2.37. The van der Waals surface area contributed by atoms with E-state index < -0.39 is 5.97 Å². The number of allylic oxidation sites excluding steroid dienone is 3. The predicted octanol–water partition coefficient (Wildman–Crippen LogP) is 2.84. The second kappa shape index (κ2) is 6.50. The van der Waals surface area contributed by atoms with E-state index in [1.54, 1.807) is 18.2 Å². The van der Waals surface area contributed by atoms with Gasteiger partial charge >= 0.3 is 5.97 Å². The minimum absolute atomic E-state index is 0.0294. The first-order chi connectivity index (χ1) is 12.1. The highest BCUT2D eigenvalue weighted by atomic mass is 16.5. The van der Waals surface area contributed by atoms with E-state index >= 15 is 0 Å². The van der Waals surface area contributed by atoms with Crippen LogP contribution in [0.4, 0.5) is 0 Å². The Labute approximate surface area is 147 Å². The fourth-order valence-electron chi connectivity index (χ4n) is 3.75. The zero-order valence-corrected chi connectivity index (χ0v) is 14.3. The number of carbonyl (C=O) groups is 1. The maximum absolute atomic E-state index is 11.5. The standard InChI is InChI=1S/C20H22N2O3/c1-21-8-10-22(11-9-21)19-16-5-3-2-4-15(16)13-25-18-7-6-14(20(23)24)12-17(18)19/h2-3,5-7,12-13,19H,4,8-11H2,1H3,(H,23,24). The van der Waals surface area contributed by atoms with Crippen LogP contribution in [0.3, 0.4) is 0 Å². The van der Waals surface area contributed by atoms with Gasteiger partial charge < -0.3 is 14.7 Å². The van der Waals surface area contributed by atoms with Gasteiger partial charge in [-0.15, -0.1) is 0 Å². The molecule has 0 radical (unpaired) electrons. The molecular weight excluding hydrogens is 316 g/mol. The first-order valence-corrected chi connectivity index (χ1v) is 8.66. The molecule has 130 valence electrons. The fourth-order valence-corrected chi connectivity index (χ4v) is 3.75. The van der Waals surface area contributed by atoms with Crippen molar-refractivity contribution in [2.24, 2.45) is 0 Å². The number of fused-ring (bicyclic) bond motifs is 2.